The van der Waals surface area contributed by atoms with Crippen LogP contribution < -0.4 is 10.6 Å². The van der Waals surface area contributed by atoms with Crippen molar-refractivity contribution in [2.24, 2.45) is 5.92 Å². The van der Waals surface area contributed by atoms with Crippen LogP contribution in [0.15, 0.2) is 5.38 Å². The van der Waals surface area contributed by atoms with Crippen molar-refractivity contribution in [2.45, 2.75) is 33.3 Å². The average molecular weight is 354 g/mol. The van der Waals surface area contributed by atoms with Gasteiger partial charge in [0.2, 0.25) is 0 Å². The van der Waals surface area contributed by atoms with Crippen molar-refractivity contribution in [3.63, 3.8) is 0 Å². The van der Waals surface area contributed by atoms with E-state index in [2.05, 4.69) is 29.5 Å². The molecule has 3 amide bonds. The molecule has 1 aromatic heterocycles. The van der Waals surface area contributed by atoms with Crippen molar-refractivity contribution < 1.29 is 19.1 Å². The predicted octanol–water partition coefficient (Wildman–Crippen LogP) is 1.70. The number of aromatic nitrogens is 1. The Morgan fingerprint density at radius 3 is 2.83 bits per heavy atom. The zero-order valence-corrected chi connectivity index (χ0v) is 14.8. The highest BCUT2D eigenvalue weighted by Crippen LogP contribution is 2.17. The van der Waals surface area contributed by atoms with E-state index in [1.54, 1.807) is 5.38 Å². The van der Waals surface area contributed by atoms with Crippen LogP contribution in [0, 0.1) is 5.92 Å². The minimum atomic E-state index is -1.04. The Balaban J connectivity index is 1.86. The number of nitrogens with zero attached hydrogens (tertiary/aromatic N) is 2. The zero-order chi connectivity index (χ0) is 17.7. The molecule has 2 rings (SSSR count). The van der Waals surface area contributed by atoms with Crippen LogP contribution in [0.3, 0.4) is 0 Å². The number of rotatable bonds is 7. The second kappa shape index (κ2) is 8.09. The van der Waals surface area contributed by atoms with E-state index >= 15 is 0 Å². The summed E-state index contributed by atoms with van der Waals surface area (Å²) in [6.07, 6.45) is -0.0385. The second-order valence-corrected chi connectivity index (χ2v) is 6.77. The molecule has 1 aliphatic heterocycles. The zero-order valence-electron chi connectivity index (χ0n) is 14.0. The highest BCUT2D eigenvalue weighted by Gasteiger charge is 2.32. The molecular weight excluding hydrogens is 332 g/mol. The van der Waals surface area contributed by atoms with Gasteiger partial charge in [0.05, 0.1) is 0 Å². The number of hydrogen-bond donors (Lipinski definition) is 2. The summed E-state index contributed by atoms with van der Waals surface area (Å²) in [7, 11) is 0. The number of anilines is 1. The molecule has 1 aliphatic rings. The minimum absolute atomic E-state index is 0.151. The van der Waals surface area contributed by atoms with E-state index in [9.17, 15) is 14.4 Å². The number of thiazole rings is 1. The van der Waals surface area contributed by atoms with Gasteiger partial charge in [0.15, 0.2) is 16.9 Å². The molecule has 2 heterocycles. The van der Waals surface area contributed by atoms with Crippen LogP contribution in [-0.4, -0.2) is 53.5 Å². The third-order valence-electron chi connectivity index (χ3n) is 3.47. The number of ether oxygens (including phenoxy) is 1. The molecule has 2 N–H and O–H groups in total. The molecular formula is C15H22N4O4S. The van der Waals surface area contributed by atoms with Gasteiger partial charge in [-0.1, -0.05) is 13.8 Å². The molecule has 1 atom stereocenters. The summed E-state index contributed by atoms with van der Waals surface area (Å²) in [4.78, 5) is 40.8. The van der Waals surface area contributed by atoms with Crippen molar-refractivity contribution in [3.05, 3.63) is 11.1 Å². The van der Waals surface area contributed by atoms with Crippen LogP contribution in [0.2, 0.25) is 0 Å². The predicted molar refractivity (Wildman–Crippen MR) is 90.0 cm³/mol. The Bertz CT molecular complexity index is 616. The Kier molecular flexibility index (Phi) is 6.13. The van der Waals surface area contributed by atoms with Crippen LogP contribution in [0.5, 0.6) is 0 Å². The van der Waals surface area contributed by atoms with Crippen molar-refractivity contribution in [2.75, 3.05) is 25.0 Å². The first-order valence-corrected chi connectivity index (χ1v) is 8.76. The van der Waals surface area contributed by atoms with Gasteiger partial charge >= 0.3 is 12.0 Å². The van der Waals surface area contributed by atoms with Crippen LogP contribution in [-0.2, 0) is 9.53 Å². The van der Waals surface area contributed by atoms with Crippen molar-refractivity contribution in [1.29, 1.82) is 0 Å². The third kappa shape index (κ3) is 4.67. The molecule has 8 nitrogen and oxygen atoms in total. The highest BCUT2D eigenvalue weighted by molar-refractivity contribution is 7.13. The summed E-state index contributed by atoms with van der Waals surface area (Å²) in [5.41, 5.74) is 0.151. The van der Waals surface area contributed by atoms with Crippen LogP contribution in [0.1, 0.15) is 37.7 Å². The van der Waals surface area contributed by atoms with Gasteiger partial charge in [-0.25, -0.2) is 14.6 Å². The van der Waals surface area contributed by atoms with Gasteiger partial charge in [-0.05, 0) is 19.3 Å². The number of amides is 3. The fourth-order valence-corrected chi connectivity index (χ4v) is 2.80. The van der Waals surface area contributed by atoms with Gasteiger partial charge in [0.25, 0.3) is 5.91 Å². The molecule has 0 unspecified atom stereocenters. The van der Waals surface area contributed by atoms with E-state index in [-0.39, 0.29) is 12.2 Å². The third-order valence-corrected chi connectivity index (χ3v) is 4.27. The molecule has 132 valence electrons. The standard InChI is InChI=1S/C15H22N4O4S/c1-9(2)4-5-16-14-18-11(8-24-14)13(21)23-10(3)12(20)19-7-6-17-15(19)22/h8-10H,4-7H2,1-3H3,(H,16,18)(H,17,22)/t10-/m1/s1. The fourth-order valence-electron chi connectivity index (χ4n) is 2.09. The van der Waals surface area contributed by atoms with Gasteiger partial charge < -0.3 is 15.4 Å². The summed E-state index contributed by atoms with van der Waals surface area (Å²) < 4.78 is 5.12. The van der Waals surface area contributed by atoms with Crippen LogP contribution >= 0.6 is 11.3 Å². The van der Waals surface area contributed by atoms with Crippen molar-refractivity contribution in [3.8, 4) is 0 Å². The van der Waals surface area contributed by atoms with Gasteiger partial charge in [-0.3, -0.25) is 9.69 Å². The Morgan fingerprint density at radius 1 is 1.46 bits per heavy atom. The average Bonchev–Trinajstić information content (AvgIpc) is 3.15. The molecule has 1 fully saturated rings. The first kappa shape index (κ1) is 18.2. The summed E-state index contributed by atoms with van der Waals surface area (Å²) in [6.45, 7) is 7.16. The quantitative estimate of drug-likeness (QED) is 0.723. The van der Waals surface area contributed by atoms with E-state index in [4.69, 9.17) is 4.74 Å². The number of hydrogen-bond acceptors (Lipinski definition) is 7. The summed E-state index contributed by atoms with van der Waals surface area (Å²) in [6, 6.07) is -0.465. The summed E-state index contributed by atoms with van der Waals surface area (Å²) >= 11 is 1.31. The smallest absolute Gasteiger partial charge is 0.358 e. The Labute approximate surface area is 144 Å². The highest BCUT2D eigenvalue weighted by atomic mass is 32.1. The number of urea groups is 1. The summed E-state index contributed by atoms with van der Waals surface area (Å²) in [5, 5.41) is 7.90. The lowest BCUT2D eigenvalue weighted by atomic mass is 10.1. The molecule has 1 saturated heterocycles. The molecule has 24 heavy (non-hydrogen) atoms. The summed E-state index contributed by atoms with van der Waals surface area (Å²) in [5.74, 6) is -0.635. The second-order valence-electron chi connectivity index (χ2n) is 5.92. The van der Waals surface area contributed by atoms with E-state index in [0.29, 0.717) is 17.6 Å². The number of esters is 1. The fraction of sp³-hybridized carbons (Fsp3) is 0.600. The molecule has 0 aromatic carbocycles. The SMILES string of the molecule is CC(C)CCNc1nc(C(=O)O[C@H](C)C(=O)N2CCNC2=O)cs1. The van der Waals surface area contributed by atoms with E-state index < -0.39 is 24.0 Å². The molecule has 0 spiro atoms. The maximum atomic E-state index is 12.1. The molecule has 1 aromatic rings. The van der Waals surface area contributed by atoms with Crippen molar-refractivity contribution in [1.82, 2.24) is 15.2 Å². The Morgan fingerprint density at radius 2 is 2.21 bits per heavy atom. The maximum Gasteiger partial charge on any atom is 0.358 e. The topological polar surface area (TPSA) is 101 Å². The molecule has 0 saturated carbocycles. The van der Waals surface area contributed by atoms with Crippen LogP contribution in [0.4, 0.5) is 9.93 Å². The van der Waals surface area contributed by atoms with Crippen molar-refractivity contribution >= 4 is 34.4 Å². The minimum Gasteiger partial charge on any atom is -0.448 e. The van der Waals surface area contributed by atoms with Crippen LogP contribution in [0.25, 0.3) is 0 Å². The molecule has 0 aliphatic carbocycles. The molecule has 9 heteroatoms. The maximum absolute atomic E-state index is 12.1. The lowest BCUT2D eigenvalue weighted by Crippen LogP contribution is -2.41. The van der Waals surface area contributed by atoms with E-state index in [0.717, 1.165) is 17.9 Å². The van der Waals surface area contributed by atoms with Gasteiger partial charge in [-0.15, -0.1) is 11.3 Å². The van der Waals surface area contributed by atoms with E-state index in [1.807, 2.05) is 0 Å². The first-order chi connectivity index (χ1) is 11.4. The number of nitrogens with one attached hydrogen (secondary N) is 2. The van der Waals surface area contributed by atoms with Gasteiger partial charge in [-0.2, -0.15) is 0 Å². The monoisotopic (exact) mass is 354 g/mol. The Hall–Kier alpha value is -2.16. The lowest BCUT2D eigenvalue weighted by Gasteiger charge is -2.17. The lowest BCUT2D eigenvalue weighted by molar-refractivity contribution is -0.136. The number of carbonyl (C=O) groups is 3. The molecule has 0 radical (unpaired) electrons. The van der Waals surface area contributed by atoms with E-state index in [1.165, 1.54) is 18.3 Å². The number of imide groups is 1. The molecule has 0 bridgehead atoms. The van der Waals surface area contributed by atoms with Gasteiger partial charge in [0, 0.05) is 25.0 Å². The number of carbonyl (C=O) groups excluding carboxylic acids is 3. The van der Waals surface area contributed by atoms with Gasteiger partial charge in [0.1, 0.15) is 0 Å². The normalized spacial score (nSPS) is 15.3. The first-order valence-electron chi connectivity index (χ1n) is 7.88. The largest absolute Gasteiger partial charge is 0.448 e.